The Labute approximate surface area is 192 Å². The number of anilines is 1. The molecule has 5 rings (SSSR count). The molecule has 0 bridgehead atoms. The van der Waals surface area contributed by atoms with E-state index < -0.39 is 0 Å². The summed E-state index contributed by atoms with van der Waals surface area (Å²) in [4.78, 5) is 15.9. The van der Waals surface area contributed by atoms with Gasteiger partial charge in [0.2, 0.25) is 0 Å². The molecular formula is C24H29N9. The van der Waals surface area contributed by atoms with E-state index in [0.717, 1.165) is 59.3 Å². The summed E-state index contributed by atoms with van der Waals surface area (Å²) in [5.41, 5.74) is 18.5. The number of aromatic nitrogens is 5. The lowest BCUT2D eigenvalue weighted by Crippen LogP contribution is -2.31. The molecule has 0 radical (unpaired) electrons. The van der Waals surface area contributed by atoms with E-state index in [1.54, 1.807) is 36.2 Å². The monoisotopic (exact) mass is 443 g/mol. The molecule has 0 amide bonds. The highest BCUT2D eigenvalue weighted by atomic mass is 15.3. The van der Waals surface area contributed by atoms with E-state index in [9.17, 15) is 0 Å². The summed E-state index contributed by atoms with van der Waals surface area (Å²) < 4.78 is 4.04. The van der Waals surface area contributed by atoms with Crippen LogP contribution in [-0.4, -0.2) is 62.4 Å². The normalized spacial score (nSPS) is 16.5. The number of aryl methyl sites for hydroxylation is 1. The van der Waals surface area contributed by atoms with Gasteiger partial charge in [-0.25, -0.2) is 4.98 Å². The minimum absolute atomic E-state index is 0.417. The Morgan fingerprint density at radius 3 is 2.67 bits per heavy atom. The van der Waals surface area contributed by atoms with Gasteiger partial charge in [-0.05, 0) is 57.6 Å². The van der Waals surface area contributed by atoms with Crippen molar-refractivity contribution in [3.05, 3.63) is 48.1 Å². The van der Waals surface area contributed by atoms with E-state index in [-0.39, 0.29) is 0 Å². The number of rotatable bonds is 4. The molecule has 0 aliphatic carbocycles. The van der Waals surface area contributed by atoms with Crippen LogP contribution in [0.25, 0.3) is 33.5 Å². The molecule has 4 aromatic rings. The van der Waals surface area contributed by atoms with Gasteiger partial charge in [0, 0.05) is 42.8 Å². The molecule has 1 saturated heterocycles. The minimum atomic E-state index is 0.417. The van der Waals surface area contributed by atoms with Crippen LogP contribution in [0.3, 0.4) is 0 Å². The predicted molar refractivity (Wildman–Crippen MR) is 133 cm³/mol. The van der Waals surface area contributed by atoms with Crippen molar-refractivity contribution < 1.29 is 0 Å². The number of hydrogen-bond acceptors (Lipinski definition) is 7. The number of allylic oxidation sites excluding steroid dienone is 1. The molecule has 170 valence electrons. The Morgan fingerprint density at radius 2 is 1.97 bits per heavy atom. The van der Waals surface area contributed by atoms with Gasteiger partial charge in [0.05, 0.1) is 23.0 Å². The van der Waals surface area contributed by atoms with Crippen LogP contribution in [0, 0.1) is 6.92 Å². The van der Waals surface area contributed by atoms with Crippen molar-refractivity contribution >= 4 is 34.4 Å². The predicted octanol–water partition coefficient (Wildman–Crippen LogP) is 2.90. The highest BCUT2D eigenvalue weighted by Crippen LogP contribution is 2.34. The van der Waals surface area contributed by atoms with Gasteiger partial charge >= 0.3 is 0 Å². The fourth-order valence-electron chi connectivity index (χ4n) is 4.62. The van der Waals surface area contributed by atoms with Crippen LogP contribution in [0.1, 0.15) is 30.1 Å². The van der Waals surface area contributed by atoms with Crippen molar-refractivity contribution in [2.24, 2.45) is 10.7 Å². The third kappa shape index (κ3) is 3.64. The maximum absolute atomic E-state index is 6.61. The molecular weight excluding hydrogens is 414 g/mol. The van der Waals surface area contributed by atoms with Crippen molar-refractivity contribution in [2.45, 2.75) is 25.8 Å². The lowest BCUT2D eigenvalue weighted by molar-refractivity contribution is 0.223. The van der Waals surface area contributed by atoms with E-state index in [1.807, 2.05) is 12.1 Å². The lowest BCUT2D eigenvalue weighted by Gasteiger charge is -2.30. The van der Waals surface area contributed by atoms with Gasteiger partial charge in [-0.1, -0.05) is 6.07 Å². The van der Waals surface area contributed by atoms with Crippen LogP contribution in [-0.2, 0) is 0 Å². The second-order valence-corrected chi connectivity index (χ2v) is 8.70. The smallest absolute Gasteiger partial charge is 0.167 e. The van der Waals surface area contributed by atoms with E-state index in [4.69, 9.17) is 16.5 Å². The number of nitrogens with zero attached hydrogens (tertiary/aromatic N) is 7. The number of nitrogens with two attached hydrogens (primary N) is 2. The van der Waals surface area contributed by atoms with E-state index in [0.29, 0.717) is 23.3 Å². The number of fused-ring (bicyclic) bond motifs is 2. The van der Waals surface area contributed by atoms with Crippen LogP contribution >= 0.6 is 0 Å². The molecule has 5 heterocycles. The zero-order valence-corrected chi connectivity index (χ0v) is 19.2. The summed E-state index contributed by atoms with van der Waals surface area (Å²) in [6.07, 6.45) is 11.4. The first kappa shape index (κ1) is 21.1. The van der Waals surface area contributed by atoms with Gasteiger partial charge in [-0.3, -0.25) is 9.98 Å². The van der Waals surface area contributed by atoms with E-state index in [1.165, 1.54) is 0 Å². The molecule has 0 spiro atoms. The van der Waals surface area contributed by atoms with Gasteiger partial charge in [-0.15, -0.1) is 0 Å². The molecule has 1 aliphatic heterocycles. The Kier molecular flexibility index (Phi) is 5.33. The molecule has 0 atom stereocenters. The van der Waals surface area contributed by atoms with Crippen molar-refractivity contribution in [3.63, 3.8) is 0 Å². The number of pyridine rings is 1. The fourth-order valence-corrected chi connectivity index (χ4v) is 4.62. The second-order valence-electron chi connectivity index (χ2n) is 8.70. The first-order valence-corrected chi connectivity index (χ1v) is 11.2. The quantitative estimate of drug-likeness (QED) is 0.469. The van der Waals surface area contributed by atoms with Gasteiger partial charge in [0.15, 0.2) is 5.65 Å². The summed E-state index contributed by atoms with van der Waals surface area (Å²) >= 11 is 0. The van der Waals surface area contributed by atoms with Crippen molar-refractivity contribution in [1.82, 2.24) is 29.0 Å². The highest BCUT2D eigenvalue weighted by Gasteiger charge is 2.24. The van der Waals surface area contributed by atoms with E-state index in [2.05, 4.69) is 44.7 Å². The molecule has 9 nitrogen and oxygen atoms in total. The van der Waals surface area contributed by atoms with Crippen LogP contribution in [0.15, 0.2) is 41.8 Å². The topological polar surface area (TPSA) is 116 Å². The number of likely N-dealkylation sites (tertiary alicyclic amines) is 1. The standard InChI is InChI=1S/C24H29N9/c1-15-14-32(17-7-10-31(3)11-8-17)24-21(15)22(26)33-23(30-24)18(13-29-33)16-4-5-20(28-12-16)19(25)6-9-27-2/h4-6,9,12-14,17H,7-8,10-11,25-26H2,1-3H3. The maximum Gasteiger partial charge on any atom is 0.167 e. The number of piperidine rings is 1. The Hall–Kier alpha value is -3.72. The fraction of sp³-hybridized carbons (Fsp3) is 0.333. The summed E-state index contributed by atoms with van der Waals surface area (Å²) in [6, 6.07) is 4.29. The summed E-state index contributed by atoms with van der Waals surface area (Å²) in [5, 5.41) is 5.52. The number of hydrogen-bond donors (Lipinski definition) is 2. The lowest BCUT2D eigenvalue weighted by atomic mass is 10.1. The van der Waals surface area contributed by atoms with Crippen LogP contribution in [0.5, 0.6) is 0 Å². The summed E-state index contributed by atoms with van der Waals surface area (Å²) in [6.45, 7) is 4.25. The molecule has 4 N–H and O–H groups in total. The minimum Gasteiger partial charge on any atom is -0.397 e. The molecule has 0 saturated carbocycles. The molecule has 1 fully saturated rings. The van der Waals surface area contributed by atoms with Gasteiger partial charge in [-0.2, -0.15) is 9.61 Å². The Bertz CT molecular complexity index is 1370. The molecule has 4 aromatic heterocycles. The Balaban J connectivity index is 1.60. The highest BCUT2D eigenvalue weighted by molar-refractivity contribution is 5.94. The number of nitrogen functional groups attached to an aromatic ring is 1. The second kappa shape index (κ2) is 8.32. The first-order valence-electron chi connectivity index (χ1n) is 11.2. The molecule has 0 unspecified atom stereocenters. The molecule has 1 aliphatic rings. The van der Waals surface area contributed by atoms with Gasteiger partial charge < -0.3 is 20.9 Å². The van der Waals surface area contributed by atoms with E-state index >= 15 is 0 Å². The average molecular weight is 444 g/mol. The zero-order chi connectivity index (χ0) is 23.1. The first-order chi connectivity index (χ1) is 16.0. The van der Waals surface area contributed by atoms with Crippen LogP contribution in [0.2, 0.25) is 0 Å². The molecule has 9 heteroatoms. The van der Waals surface area contributed by atoms with Gasteiger partial charge in [0.1, 0.15) is 11.5 Å². The maximum atomic E-state index is 6.61. The third-order valence-corrected chi connectivity index (χ3v) is 6.49. The average Bonchev–Trinajstić information content (AvgIpc) is 3.40. The van der Waals surface area contributed by atoms with Crippen molar-refractivity contribution in [2.75, 3.05) is 32.9 Å². The third-order valence-electron chi connectivity index (χ3n) is 6.49. The molecule has 0 aromatic carbocycles. The zero-order valence-electron chi connectivity index (χ0n) is 19.2. The molecule has 33 heavy (non-hydrogen) atoms. The van der Waals surface area contributed by atoms with Crippen molar-refractivity contribution in [3.8, 4) is 11.1 Å². The largest absolute Gasteiger partial charge is 0.397 e. The van der Waals surface area contributed by atoms with Crippen LogP contribution < -0.4 is 11.5 Å². The summed E-state index contributed by atoms with van der Waals surface area (Å²) in [5.74, 6) is 0.612. The van der Waals surface area contributed by atoms with Gasteiger partial charge in [0.25, 0.3) is 0 Å². The number of aliphatic imine (C=N–C) groups is 1. The Morgan fingerprint density at radius 1 is 1.18 bits per heavy atom. The van der Waals surface area contributed by atoms with Crippen LogP contribution in [0.4, 0.5) is 5.82 Å². The summed E-state index contributed by atoms with van der Waals surface area (Å²) in [7, 11) is 3.87. The van der Waals surface area contributed by atoms with Crippen molar-refractivity contribution in [1.29, 1.82) is 0 Å². The SMILES string of the molecule is CN=CC=C(N)c1ccc(-c2cnn3c(N)c4c(C)cn(C5CCN(C)CC5)c4nc23)cn1.